The summed E-state index contributed by atoms with van der Waals surface area (Å²) in [6.45, 7) is 2.29. The van der Waals surface area contributed by atoms with Crippen molar-refractivity contribution in [1.82, 2.24) is 20.4 Å². The smallest absolute Gasteiger partial charge is 0.326 e. The number of nitrogens with one attached hydrogen (secondary N) is 2. The quantitative estimate of drug-likeness (QED) is 0.671. The number of rotatable bonds is 7. The molecule has 0 bridgehead atoms. The van der Waals surface area contributed by atoms with E-state index in [-0.39, 0.29) is 0 Å². The first-order valence-electron chi connectivity index (χ1n) is 6.28. The highest BCUT2D eigenvalue weighted by atomic mass is 16.4. The van der Waals surface area contributed by atoms with Gasteiger partial charge in [0.25, 0.3) is 0 Å². The average molecular weight is 268 g/mol. The first-order chi connectivity index (χ1) is 9.02. The van der Waals surface area contributed by atoms with Crippen molar-refractivity contribution in [2.45, 2.75) is 32.2 Å². The van der Waals surface area contributed by atoms with Gasteiger partial charge in [0.2, 0.25) is 0 Å². The van der Waals surface area contributed by atoms with Crippen LogP contribution in [0, 0.1) is 0 Å². The van der Waals surface area contributed by atoms with Crippen LogP contribution in [0.4, 0.5) is 4.79 Å². The van der Waals surface area contributed by atoms with Crippen LogP contribution in [0.25, 0.3) is 0 Å². The van der Waals surface area contributed by atoms with E-state index in [0.29, 0.717) is 25.8 Å². The number of carbonyl (C=O) groups is 2. The molecule has 0 saturated carbocycles. The maximum atomic E-state index is 11.5. The number of hydrogen-bond donors (Lipinski definition) is 3. The number of aliphatic carboxylic acids is 1. The van der Waals surface area contributed by atoms with Crippen LogP contribution in [-0.2, 0) is 18.3 Å². The van der Waals surface area contributed by atoms with Crippen LogP contribution in [0.1, 0.15) is 25.5 Å². The van der Waals surface area contributed by atoms with E-state index in [4.69, 9.17) is 5.11 Å². The fourth-order valence-corrected chi connectivity index (χ4v) is 1.66. The van der Waals surface area contributed by atoms with Crippen molar-refractivity contribution in [2.24, 2.45) is 7.05 Å². The van der Waals surface area contributed by atoms with Gasteiger partial charge in [-0.1, -0.05) is 13.3 Å². The molecule has 3 N–H and O–H groups in total. The van der Waals surface area contributed by atoms with Gasteiger partial charge >= 0.3 is 12.0 Å². The van der Waals surface area contributed by atoms with E-state index in [1.165, 1.54) is 0 Å². The molecule has 0 aromatic carbocycles. The number of carboxylic acid groups (broad SMARTS) is 1. The Hall–Kier alpha value is -2.05. The van der Waals surface area contributed by atoms with Crippen molar-refractivity contribution in [3.05, 3.63) is 18.0 Å². The highest BCUT2D eigenvalue weighted by molar-refractivity contribution is 5.82. The van der Waals surface area contributed by atoms with Gasteiger partial charge in [-0.25, -0.2) is 9.59 Å². The van der Waals surface area contributed by atoms with Crippen LogP contribution in [0.2, 0.25) is 0 Å². The summed E-state index contributed by atoms with van der Waals surface area (Å²) in [5.41, 5.74) is 0.881. The number of nitrogens with zero attached hydrogens (tertiary/aromatic N) is 2. The fraction of sp³-hybridized carbons (Fsp3) is 0.583. The summed E-state index contributed by atoms with van der Waals surface area (Å²) in [7, 11) is 1.83. The van der Waals surface area contributed by atoms with Gasteiger partial charge in [-0.2, -0.15) is 5.10 Å². The minimum absolute atomic E-state index is 0.418. The van der Waals surface area contributed by atoms with Gasteiger partial charge in [0.15, 0.2) is 0 Å². The predicted molar refractivity (Wildman–Crippen MR) is 69.8 cm³/mol. The summed E-state index contributed by atoms with van der Waals surface area (Å²) in [4.78, 5) is 22.4. The Kier molecular flexibility index (Phi) is 5.84. The summed E-state index contributed by atoms with van der Waals surface area (Å²) < 4.78 is 1.69. The maximum Gasteiger partial charge on any atom is 0.326 e. The lowest BCUT2D eigenvalue weighted by Crippen LogP contribution is -2.46. The number of carbonyl (C=O) groups excluding carboxylic acids is 1. The van der Waals surface area contributed by atoms with E-state index in [1.54, 1.807) is 4.68 Å². The molecule has 0 unspecified atom stereocenters. The first-order valence-corrected chi connectivity index (χ1v) is 6.28. The minimum Gasteiger partial charge on any atom is -0.480 e. The van der Waals surface area contributed by atoms with Gasteiger partial charge < -0.3 is 15.7 Å². The number of aromatic nitrogens is 2. The molecule has 0 radical (unpaired) electrons. The van der Waals surface area contributed by atoms with Gasteiger partial charge in [0.05, 0.1) is 5.69 Å². The molecule has 7 nitrogen and oxygen atoms in total. The van der Waals surface area contributed by atoms with Gasteiger partial charge in [-0.05, 0) is 12.5 Å². The van der Waals surface area contributed by atoms with Crippen LogP contribution in [-0.4, -0.2) is 39.5 Å². The van der Waals surface area contributed by atoms with Gasteiger partial charge in [-0.3, -0.25) is 4.68 Å². The van der Waals surface area contributed by atoms with E-state index >= 15 is 0 Å². The molecule has 0 aliphatic carbocycles. The Morgan fingerprint density at radius 3 is 2.79 bits per heavy atom. The molecule has 7 heteroatoms. The van der Waals surface area contributed by atoms with E-state index in [1.807, 2.05) is 26.2 Å². The molecule has 0 spiro atoms. The third kappa shape index (κ3) is 5.41. The maximum absolute atomic E-state index is 11.5. The average Bonchev–Trinajstić information content (AvgIpc) is 2.74. The zero-order chi connectivity index (χ0) is 14.3. The summed E-state index contributed by atoms with van der Waals surface area (Å²) >= 11 is 0. The van der Waals surface area contributed by atoms with Crippen molar-refractivity contribution in [1.29, 1.82) is 0 Å². The Labute approximate surface area is 112 Å². The lowest BCUT2D eigenvalue weighted by Gasteiger charge is -2.13. The molecule has 0 aliphatic heterocycles. The Morgan fingerprint density at radius 1 is 1.53 bits per heavy atom. The molecule has 0 fully saturated rings. The SMILES string of the molecule is CCC[C@H](NC(=O)NCCc1ccn(C)n1)C(=O)O. The Balaban J connectivity index is 2.28. The van der Waals surface area contributed by atoms with E-state index < -0.39 is 18.0 Å². The van der Waals surface area contributed by atoms with E-state index in [9.17, 15) is 9.59 Å². The molecule has 19 heavy (non-hydrogen) atoms. The number of hydrogen-bond acceptors (Lipinski definition) is 3. The van der Waals surface area contributed by atoms with Crippen LogP contribution < -0.4 is 10.6 Å². The Bertz CT molecular complexity index is 430. The normalized spacial score (nSPS) is 11.9. The summed E-state index contributed by atoms with van der Waals surface area (Å²) in [5.74, 6) is -1.01. The van der Waals surface area contributed by atoms with E-state index in [2.05, 4.69) is 15.7 Å². The molecule has 1 aromatic heterocycles. The third-order valence-corrected chi connectivity index (χ3v) is 2.62. The van der Waals surface area contributed by atoms with Crippen molar-refractivity contribution in [3.63, 3.8) is 0 Å². The van der Waals surface area contributed by atoms with Crippen LogP contribution in [0.5, 0.6) is 0 Å². The molecule has 1 aromatic rings. The second kappa shape index (κ2) is 7.40. The van der Waals surface area contributed by atoms with Crippen LogP contribution in [0.15, 0.2) is 12.3 Å². The molecular weight excluding hydrogens is 248 g/mol. The standard InChI is InChI=1S/C12H20N4O3/c1-3-4-10(11(17)18)14-12(19)13-7-5-9-6-8-16(2)15-9/h6,8,10H,3-5,7H2,1-2H3,(H,17,18)(H2,13,14,19)/t10-/m0/s1. The zero-order valence-electron chi connectivity index (χ0n) is 11.2. The zero-order valence-corrected chi connectivity index (χ0v) is 11.2. The highest BCUT2D eigenvalue weighted by Crippen LogP contribution is 1.97. The second-order valence-electron chi connectivity index (χ2n) is 4.31. The van der Waals surface area contributed by atoms with Gasteiger partial charge in [0.1, 0.15) is 6.04 Å². The number of aryl methyl sites for hydroxylation is 1. The second-order valence-corrected chi connectivity index (χ2v) is 4.31. The third-order valence-electron chi connectivity index (χ3n) is 2.62. The first kappa shape index (κ1) is 15.0. The molecule has 106 valence electrons. The molecular formula is C12H20N4O3. The van der Waals surface area contributed by atoms with E-state index in [0.717, 1.165) is 5.69 Å². The lowest BCUT2D eigenvalue weighted by molar-refractivity contribution is -0.139. The molecule has 0 aliphatic rings. The topological polar surface area (TPSA) is 96.3 Å². The van der Waals surface area contributed by atoms with Crippen molar-refractivity contribution in [3.8, 4) is 0 Å². The van der Waals surface area contributed by atoms with Crippen molar-refractivity contribution < 1.29 is 14.7 Å². The summed E-state index contributed by atoms with van der Waals surface area (Å²) in [6, 6.07) is 0.577. The predicted octanol–water partition coefficient (Wildman–Crippen LogP) is 0.515. The monoisotopic (exact) mass is 268 g/mol. The van der Waals surface area contributed by atoms with Crippen molar-refractivity contribution >= 4 is 12.0 Å². The van der Waals surface area contributed by atoms with Crippen LogP contribution in [0.3, 0.4) is 0 Å². The molecule has 1 rings (SSSR count). The molecule has 1 heterocycles. The number of carboxylic acids is 1. The van der Waals surface area contributed by atoms with Crippen molar-refractivity contribution in [2.75, 3.05) is 6.54 Å². The fourth-order valence-electron chi connectivity index (χ4n) is 1.66. The largest absolute Gasteiger partial charge is 0.480 e. The van der Waals surface area contributed by atoms with Gasteiger partial charge in [-0.15, -0.1) is 0 Å². The van der Waals surface area contributed by atoms with Crippen LogP contribution >= 0.6 is 0 Å². The van der Waals surface area contributed by atoms with Gasteiger partial charge in [0, 0.05) is 26.2 Å². The highest BCUT2D eigenvalue weighted by Gasteiger charge is 2.18. The molecule has 1 atom stereocenters. The summed E-state index contributed by atoms with van der Waals surface area (Å²) in [5, 5.41) is 18.1. The summed E-state index contributed by atoms with van der Waals surface area (Å²) in [6.07, 6.45) is 3.56. The lowest BCUT2D eigenvalue weighted by atomic mass is 10.2. The molecule has 2 amide bonds. The number of urea groups is 1. The number of amides is 2. The minimum atomic E-state index is -1.01. The molecule has 0 saturated heterocycles. The Morgan fingerprint density at radius 2 is 2.26 bits per heavy atom.